The minimum absolute atomic E-state index is 0.0370. The number of nitrogens with zero attached hydrogens (tertiary/aromatic N) is 7. The lowest BCUT2D eigenvalue weighted by Gasteiger charge is -2.04. The van der Waals surface area contributed by atoms with Gasteiger partial charge in [-0.15, -0.1) is 15.3 Å². The molecule has 3 heterocycles. The SMILES string of the molecule is COC(=O)Cc1nn(-c2ccc(C)cc2)c2c1nnc1nc(COc3ccccc3)nn12. The van der Waals surface area contributed by atoms with Gasteiger partial charge in [0.25, 0.3) is 5.78 Å². The lowest BCUT2D eigenvalue weighted by Crippen LogP contribution is -2.06. The first-order valence-corrected chi connectivity index (χ1v) is 9.94. The Morgan fingerprint density at radius 3 is 2.53 bits per heavy atom. The van der Waals surface area contributed by atoms with E-state index in [9.17, 15) is 4.79 Å². The molecule has 0 bridgehead atoms. The smallest absolute Gasteiger partial charge is 0.311 e. The van der Waals surface area contributed by atoms with Crippen molar-refractivity contribution in [2.24, 2.45) is 0 Å². The van der Waals surface area contributed by atoms with Crippen LogP contribution < -0.4 is 4.74 Å². The van der Waals surface area contributed by atoms with Crippen LogP contribution in [0.3, 0.4) is 0 Å². The summed E-state index contributed by atoms with van der Waals surface area (Å²) in [5.74, 6) is 1.05. The molecule has 2 aromatic carbocycles. The van der Waals surface area contributed by atoms with Gasteiger partial charge in [-0.05, 0) is 31.2 Å². The van der Waals surface area contributed by atoms with Gasteiger partial charge in [-0.25, -0.2) is 4.68 Å². The first-order valence-electron chi connectivity index (χ1n) is 9.94. The van der Waals surface area contributed by atoms with Crippen LogP contribution in [0.4, 0.5) is 0 Å². The van der Waals surface area contributed by atoms with E-state index in [0.29, 0.717) is 34.2 Å². The predicted octanol–water partition coefficient (Wildman–Crippen LogP) is 2.46. The number of benzene rings is 2. The molecule has 0 amide bonds. The van der Waals surface area contributed by atoms with E-state index in [1.54, 1.807) is 9.20 Å². The third kappa shape index (κ3) is 3.62. The summed E-state index contributed by atoms with van der Waals surface area (Å²) in [6, 6.07) is 17.3. The van der Waals surface area contributed by atoms with Crippen LogP contribution in [0.15, 0.2) is 54.6 Å². The second kappa shape index (κ2) is 8.06. The summed E-state index contributed by atoms with van der Waals surface area (Å²) in [4.78, 5) is 16.4. The van der Waals surface area contributed by atoms with Crippen LogP contribution in [0.1, 0.15) is 17.1 Å². The molecule has 0 radical (unpaired) electrons. The molecule has 0 unspecified atom stereocenters. The Balaban J connectivity index is 1.62. The second-order valence-corrected chi connectivity index (χ2v) is 7.16. The van der Waals surface area contributed by atoms with Crippen LogP contribution in [0.5, 0.6) is 5.75 Å². The molecule has 0 spiro atoms. The van der Waals surface area contributed by atoms with Crippen LogP contribution in [-0.2, 0) is 22.6 Å². The highest BCUT2D eigenvalue weighted by atomic mass is 16.5. The highest BCUT2D eigenvalue weighted by molar-refractivity contribution is 5.82. The van der Waals surface area contributed by atoms with Crippen molar-refractivity contribution in [3.63, 3.8) is 0 Å². The number of hydrogen-bond acceptors (Lipinski definition) is 8. The molecule has 0 fully saturated rings. The highest BCUT2D eigenvalue weighted by Crippen LogP contribution is 2.22. The first-order chi connectivity index (χ1) is 15.6. The Kier molecular flexibility index (Phi) is 4.94. The van der Waals surface area contributed by atoms with Gasteiger partial charge >= 0.3 is 5.97 Å². The fourth-order valence-electron chi connectivity index (χ4n) is 3.30. The van der Waals surface area contributed by atoms with E-state index >= 15 is 0 Å². The maximum atomic E-state index is 11.9. The summed E-state index contributed by atoms with van der Waals surface area (Å²) in [6.07, 6.45) is -0.0370. The van der Waals surface area contributed by atoms with Gasteiger partial charge in [0.05, 0.1) is 19.2 Å². The van der Waals surface area contributed by atoms with Crippen molar-refractivity contribution in [2.45, 2.75) is 20.0 Å². The van der Waals surface area contributed by atoms with Crippen LogP contribution in [0.25, 0.3) is 22.6 Å². The van der Waals surface area contributed by atoms with E-state index in [1.807, 2.05) is 61.5 Å². The number of carbonyl (C=O) groups is 1. The quantitative estimate of drug-likeness (QED) is 0.379. The minimum Gasteiger partial charge on any atom is -0.486 e. The van der Waals surface area contributed by atoms with E-state index in [2.05, 4.69) is 25.4 Å². The third-order valence-corrected chi connectivity index (χ3v) is 4.91. The van der Waals surface area contributed by atoms with Crippen LogP contribution in [0, 0.1) is 6.92 Å². The molecule has 160 valence electrons. The molecule has 0 aliphatic carbocycles. The fraction of sp³-hybridized carbons (Fsp3) is 0.182. The number of hydrogen-bond donors (Lipinski definition) is 0. The lowest BCUT2D eigenvalue weighted by atomic mass is 10.2. The number of para-hydroxylation sites is 1. The molecular formula is C22H19N7O3. The number of ether oxygens (including phenoxy) is 2. The third-order valence-electron chi connectivity index (χ3n) is 4.91. The van der Waals surface area contributed by atoms with Gasteiger partial charge in [0.2, 0.25) is 0 Å². The topological polar surface area (TPSA) is 109 Å². The molecule has 0 saturated carbocycles. The van der Waals surface area contributed by atoms with Crippen molar-refractivity contribution in [2.75, 3.05) is 7.11 Å². The Labute approximate surface area is 182 Å². The van der Waals surface area contributed by atoms with Crippen LogP contribution in [0.2, 0.25) is 0 Å². The average molecular weight is 429 g/mol. The van der Waals surface area contributed by atoms with Crippen molar-refractivity contribution in [3.8, 4) is 11.4 Å². The summed E-state index contributed by atoms with van der Waals surface area (Å²) in [5.41, 5.74) is 3.36. The Hall–Kier alpha value is -4.34. The number of rotatable bonds is 6. The van der Waals surface area contributed by atoms with Crippen LogP contribution >= 0.6 is 0 Å². The summed E-state index contributed by atoms with van der Waals surface area (Å²) in [6.45, 7) is 2.18. The van der Waals surface area contributed by atoms with E-state index < -0.39 is 5.97 Å². The maximum Gasteiger partial charge on any atom is 0.311 e. The molecule has 5 aromatic rings. The van der Waals surface area contributed by atoms with Crippen molar-refractivity contribution < 1.29 is 14.3 Å². The number of carbonyl (C=O) groups excluding carboxylic acids is 1. The molecule has 10 nitrogen and oxygen atoms in total. The Bertz CT molecular complexity index is 1410. The number of esters is 1. The van der Waals surface area contributed by atoms with Gasteiger partial charge in [0.15, 0.2) is 17.0 Å². The fourth-order valence-corrected chi connectivity index (χ4v) is 3.30. The zero-order valence-electron chi connectivity index (χ0n) is 17.5. The minimum atomic E-state index is -0.419. The summed E-state index contributed by atoms with van der Waals surface area (Å²) >= 11 is 0. The number of fused-ring (bicyclic) bond motifs is 3. The van der Waals surface area contributed by atoms with Gasteiger partial charge < -0.3 is 9.47 Å². The zero-order chi connectivity index (χ0) is 22.1. The zero-order valence-corrected chi connectivity index (χ0v) is 17.5. The van der Waals surface area contributed by atoms with Crippen molar-refractivity contribution in [3.05, 3.63) is 71.7 Å². The van der Waals surface area contributed by atoms with Crippen LogP contribution in [-0.4, -0.2) is 47.7 Å². The molecule has 5 rings (SSSR count). The molecule has 0 N–H and O–H groups in total. The predicted molar refractivity (Wildman–Crippen MR) is 114 cm³/mol. The Morgan fingerprint density at radius 2 is 1.78 bits per heavy atom. The van der Waals surface area contributed by atoms with E-state index in [-0.39, 0.29) is 13.0 Å². The molecule has 3 aromatic heterocycles. The summed E-state index contributed by atoms with van der Waals surface area (Å²) < 4.78 is 13.8. The molecule has 0 saturated heterocycles. The molecule has 0 atom stereocenters. The van der Waals surface area contributed by atoms with E-state index in [0.717, 1.165) is 11.3 Å². The molecular weight excluding hydrogens is 410 g/mol. The van der Waals surface area contributed by atoms with Crippen molar-refractivity contribution >= 4 is 22.9 Å². The Morgan fingerprint density at radius 1 is 1.00 bits per heavy atom. The summed E-state index contributed by atoms with van der Waals surface area (Å²) in [5, 5.41) is 17.7. The normalized spacial score (nSPS) is 11.2. The van der Waals surface area contributed by atoms with Crippen molar-refractivity contribution in [1.29, 1.82) is 0 Å². The standard InChI is InChI=1S/C22H19N7O3/c1-14-8-10-15(11-9-14)28-21-20(17(26-28)12-19(30)31-2)24-25-22-23-18(27-29(21)22)13-32-16-6-4-3-5-7-16/h3-11H,12-13H2,1-2H3. The lowest BCUT2D eigenvalue weighted by molar-refractivity contribution is -0.139. The largest absolute Gasteiger partial charge is 0.486 e. The molecule has 0 aliphatic heterocycles. The molecule has 10 heteroatoms. The maximum absolute atomic E-state index is 11.9. The number of methoxy groups -OCH3 is 1. The van der Waals surface area contributed by atoms with Gasteiger partial charge in [0, 0.05) is 0 Å². The van der Waals surface area contributed by atoms with Crippen molar-refractivity contribution in [1.82, 2.24) is 34.6 Å². The van der Waals surface area contributed by atoms with E-state index in [1.165, 1.54) is 7.11 Å². The van der Waals surface area contributed by atoms with Gasteiger partial charge in [-0.2, -0.15) is 14.6 Å². The average Bonchev–Trinajstić information content (AvgIpc) is 3.40. The number of aromatic nitrogens is 7. The number of aryl methyl sites for hydroxylation is 1. The second-order valence-electron chi connectivity index (χ2n) is 7.16. The van der Waals surface area contributed by atoms with Gasteiger partial charge in [-0.3, -0.25) is 4.79 Å². The van der Waals surface area contributed by atoms with Gasteiger partial charge in [0.1, 0.15) is 18.1 Å². The van der Waals surface area contributed by atoms with E-state index in [4.69, 9.17) is 9.47 Å². The monoisotopic (exact) mass is 429 g/mol. The first kappa shape index (κ1) is 19.6. The molecule has 0 aliphatic rings. The van der Waals surface area contributed by atoms with Gasteiger partial charge in [-0.1, -0.05) is 35.9 Å². The molecule has 32 heavy (non-hydrogen) atoms. The summed E-state index contributed by atoms with van der Waals surface area (Å²) in [7, 11) is 1.34. The highest BCUT2D eigenvalue weighted by Gasteiger charge is 2.21.